The van der Waals surface area contributed by atoms with E-state index in [2.05, 4.69) is 13.8 Å². The molecule has 0 aromatic heterocycles. The Morgan fingerprint density at radius 1 is 1.09 bits per heavy atom. The fraction of sp³-hybridized carbons (Fsp3) is 0.947. The largest absolute Gasteiger partial charge is 0.299 e. The molecule has 1 aliphatic heterocycles. The quantitative estimate of drug-likeness (QED) is 0.432. The van der Waals surface area contributed by atoms with E-state index in [0.717, 1.165) is 12.8 Å². The van der Waals surface area contributed by atoms with Crippen molar-refractivity contribution in [2.75, 3.05) is 0 Å². The number of carbonyl (C=O) groups excluding carboxylic acids is 1. The molecule has 0 amide bonds. The zero-order valence-electron chi connectivity index (χ0n) is 14.7. The molecule has 1 heterocycles. The number of fused-ring (bicyclic) bond motifs is 2. The molecule has 3 nitrogen and oxygen atoms in total. The third kappa shape index (κ3) is 4.55. The molecule has 2 fully saturated rings. The molecule has 0 N–H and O–H groups in total. The van der Waals surface area contributed by atoms with Gasteiger partial charge in [-0.1, -0.05) is 65.2 Å². The van der Waals surface area contributed by atoms with Crippen LogP contribution in [0.15, 0.2) is 0 Å². The highest BCUT2D eigenvalue weighted by Crippen LogP contribution is 2.44. The van der Waals surface area contributed by atoms with Gasteiger partial charge in [0.25, 0.3) is 0 Å². The minimum absolute atomic E-state index is 0.00363. The highest BCUT2D eigenvalue weighted by atomic mass is 17.2. The van der Waals surface area contributed by atoms with Crippen molar-refractivity contribution < 1.29 is 14.6 Å². The third-order valence-corrected chi connectivity index (χ3v) is 5.78. The summed E-state index contributed by atoms with van der Waals surface area (Å²) in [6.07, 6.45) is 13.2. The molecule has 1 saturated carbocycles. The number of carbonyl (C=O) groups is 1. The van der Waals surface area contributed by atoms with E-state index >= 15 is 0 Å². The van der Waals surface area contributed by atoms with Gasteiger partial charge in [-0.05, 0) is 19.8 Å². The van der Waals surface area contributed by atoms with Crippen LogP contribution < -0.4 is 0 Å². The van der Waals surface area contributed by atoms with Crippen LogP contribution in [0.4, 0.5) is 0 Å². The Morgan fingerprint density at radius 3 is 2.41 bits per heavy atom. The van der Waals surface area contributed by atoms with E-state index in [0.29, 0.717) is 18.1 Å². The summed E-state index contributed by atoms with van der Waals surface area (Å²) in [6.45, 7) is 6.36. The lowest BCUT2D eigenvalue weighted by Crippen LogP contribution is -2.52. The molecule has 0 aromatic carbocycles. The highest BCUT2D eigenvalue weighted by molar-refractivity contribution is 5.82. The molecule has 128 valence electrons. The maximum atomic E-state index is 12.1. The van der Waals surface area contributed by atoms with E-state index in [1.165, 1.54) is 51.4 Å². The maximum Gasteiger partial charge on any atom is 0.138 e. The van der Waals surface area contributed by atoms with Crippen molar-refractivity contribution in [3.63, 3.8) is 0 Å². The summed E-state index contributed by atoms with van der Waals surface area (Å²) in [5.74, 6) is 0.704. The molecule has 0 radical (unpaired) electrons. The van der Waals surface area contributed by atoms with Gasteiger partial charge >= 0.3 is 0 Å². The second kappa shape index (κ2) is 8.44. The lowest BCUT2D eigenvalue weighted by atomic mass is 9.70. The number of ketones is 1. The first-order valence-electron chi connectivity index (χ1n) is 9.44. The van der Waals surface area contributed by atoms with Crippen molar-refractivity contribution in [1.29, 1.82) is 0 Å². The number of rotatable bonds is 9. The molecule has 0 aromatic rings. The second-order valence-corrected chi connectivity index (χ2v) is 7.65. The highest BCUT2D eigenvalue weighted by Gasteiger charge is 2.49. The van der Waals surface area contributed by atoms with Gasteiger partial charge in [0.2, 0.25) is 0 Å². The molecule has 2 bridgehead atoms. The van der Waals surface area contributed by atoms with Crippen molar-refractivity contribution >= 4 is 5.78 Å². The average molecular weight is 310 g/mol. The molecular weight excluding hydrogens is 276 g/mol. The van der Waals surface area contributed by atoms with E-state index in [-0.39, 0.29) is 17.6 Å². The summed E-state index contributed by atoms with van der Waals surface area (Å²) >= 11 is 0. The summed E-state index contributed by atoms with van der Waals surface area (Å²) in [4.78, 5) is 23.4. The Kier molecular flexibility index (Phi) is 6.88. The summed E-state index contributed by atoms with van der Waals surface area (Å²) in [7, 11) is 0. The predicted octanol–water partition coefficient (Wildman–Crippen LogP) is 5.22. The molecule has 4 atom stereocenters. The normalized spacial score (nSPS) is 34.9. The van der Waals surface area contributed by atoms with E-state index < -0.39 is 0 Å². The van der Waals surface area contributed by atoms with Crippen LogP contribution in [0.2, 0.25) is 0 Å². The first-order valence-corrected chi connectivity index (χ1v) is 9.44. The van der Waals surface area contributed by atoms with Crippen molar-refractivity contribution in [1.82, 2.24) is 0 Å². The van der Waals surface area contributed by atoms with Crippen molar-refractivity contribution in [3.05, 3.63) is 0 Å². The van der Waals surface area contributed by atoms with Gasteiger partial charge in [0.15, 0.2) is 0 Å². The number of unbranched alkanes of at least 4 members (excludes halogenated alkanes) is 7. The molecule has 4 unspecified atom stereocenters. The van der Waals surface area contributed by atoms with Gasteiger partial charge in [-0.3, -0.25) is 4.79 Å². The molecule has 1 saturated heterocycles. The van der Waals surface area contributed by atoms with Gasteiger partial charge in [0.1, 0.15) is 17.5 Å². The van der Waals surface area contributed by atoms with Crippen LogP contribution in [-0.2, 0) is 14.6 Å². The van der Waals surface area contributed by atoms with Gasteiger partial charge < -0.3 is 0 Å². The fourth-order valence-corrected chi connectivity index (χ4v) is 3.89. The predicted molar refractivity (Wildman–Crippen MR) is 88.5 cm³/mol. The van der Waals surface area contributed by atoms with Crippen molar-refractivity contribution in [2.24, 2.45) is 11.8 Å². The zero-order valence-corrected chi connectivity index (χ0v) is 14.7. The maximum absolute atomic E-state index is 12.1. The van der Waals surface area contributed by atoms with Gasteiger partial charge in [-0.25, -0.2) is 9.78 Å². The molecule has 0 spiro atoms. The molecular formula is C19H34O3. The molecule has 22 heavy (non-hydrogen) atoms. The Bertz CT molecular complexity index is 355. The standard InChI is InChI=1S/C19H34O3/c1-4-5-6-7-8-9-10-11-12-19(3)16-13-17(20)15(2)18(14-16)21-22-19/h15-16,18H,4-14H2,1-3H3. The summed E-state index contributed by atoms with van der Waals surface area (Å²) in [5.41, 5.74) is -0.255. The second-order valence-electron chi connectivity index (χ2n) is 7.65. The Balaban J connectivity index is 1.66. The SMILES string of the molecule is CCCCCCCCCCC1(C)OOC2CC1CC(=O)C2C. The average Bonchev–Trinajstić information content (AvgIpc) is 2.51. The summed E-state index contributed by atoms with van der Waals surface area (Å²) < 4.78 is 0. The molecule has 1 aliphatic carbocycles. The number of hydrogen-bond donors (Lipinski definition) is 0. The van der Waals surface area contributed by atoms with Gasteiger partial charge in [0, 0.05) is 18.3 Å². The van der Waals surface area contributed by atoms with Crippen LogP contribution in [0.5, 0.6) is 0 Å². The Labute approximate surface area is 136 Å². The van der Waals surface area contributed by atoms with Gasteiger partial charge in [0.05, 0.1) is 0 Å². The first-order chi connectivity index (χ1) is 10.6. The first kappa shape index (κ1) is 17.9. The summed E-state index contributed by atoms with van der Waals surface area (Å²) in [5, 5.41) is 0. The van der Waals surface area contributed by atoms with E-state index in [1.54, 1.807) is 0 Å². The minimum Gasteiger partial charge on any atom is -0.299 e. The Hall–Kier alpha value is -0.410. The smallest absolute Gasteiger partial charge is 0.138 e. The molecule has 2 aliphatic rings. The van der Waals surface area contributed by atoms with Crippen LogP contribution in [0.1, 0.15) is 91.4 Å². The molecule has 2 rings (SSSR count). The van der Waals surface area contributed by atoms with Crippen LogP contribution in [0.25, 0.3) is 0 Å². The van der Waals surface area contributed by atoms with Gasteiger partial charge in [-0.15, -0.1) is 0 Å². The zero-order chi connectivity index (χ0) is 16.0. The van der Waals surface area contributed by atoms with Crippen LogP contribution in [0.3, 0.4) is 0 Å². The van der Waals surface area contributed by atoms with E-state index in [4.69, 9.17) is 9.78 Å². The van der Waals surface area contributed by atoms with E-state index in [9.17, 15) is 4.79 Å². The van der Waals surface area contributed by atoms with Crippen molar-refractivity contribution in [2.45, 2.75) is 103 Å². The Morgan fingerprint density at radius 2 is 1.73 bits per heavy atom. The topological polar surface area (TPSA) is 35.5 Å². The van der Waals surface area contributed by atoms with E-state index in [1.807, 2.05) is 6.92 Å². The number of Topliss-reactive ketones (excluding diaryl/α,β-unsaturated/α-hetero) is 1. The monoisotopic (exact) mass is 310 g/mol. The third-order valence-electron chi connectivity index (χ3n) is 5.78. The van der Waals surface area contributed by atoms with Gasteiger partial charge in [-0.2, -0.15) is 0 Å². The lowest BCUT2D eigenvalue weighted by Gasteiger charge is -2.47. The van der Waals surface area contributed by atoms with Crippen LogP contribution >= 0.6 is 0 Å². The summed E-state index contributed by atoms with van der Waals surface area (Å²) in [6, 6.07) is 0. The lowest BCUT2D eigenvalue weighted by molar-refractivity contribution is -0.429. The van der Waals surface area contributed by atoms with Crippen molar-refractivity contribution in [3.8, 4) is 0 Å². The molecule has 3 heteroatoms. The number of hydrogen-bond acceptors (Lipinski definition) is 3. The fourth-order valence-electron chi connectivity index (χ4n) is 3.89. The van der Waals surface area contributed by atoms with Crippen LogP contribution in [0, 0.1) is 11.8 Å². The van der Waals surface area contributed by atoms with Crippen LogP contribution in [-0.4, -0.2) is 17.5 Å². The minimum atomic E-state index is -0.255.